The van der Waals surface area contributed by atoms with Crippen LogP contribution in [0.15, 0.2) is 10.2 Å². The van der Waals surface area contributed by atoms with Crippen molar-refractivity contribution in [3.8, 4) is 6.07 Å². The molecule has 32 heteroatoms. The summed E-state index contributed by atoms with van der Waals surface area (Å²) >= 11 is 13.4. The van der Waals surface area contributed by atoms with Crippen molar-refractivity contribution in [3.63, 3.8) is 0 Å². The molecule has 0 spiro atoms. The van der Waals surface area contributed by atoms with Crippen molar-refractivity contribution in [1.82, 2.24) is 25.3 Å². The molecule has 0 aromatic carbocycles. The number of carbonyl (C=O) groups is 2. The molecule has 3 aliphatic rings. The molecule has 0 aliphatic heterocycles. The quantitative estimate of drug-likeness (QED) is 0.0453. The summed E-state index contributed by atoms with van der Waals surface area (Å²) in [5, 5.41) is 23.0. The number of hydrogen-bond donors (Lipinski definition) is 2. The molecule has 4 rings (SSSR count). The summed E-state index contributed by atoms with van der Waals surface area (Å²) in [5.41, 5.74) is -0.289. The van der Waals surface area contributed by atoms with E-state index in [2.05, 4.69) is 32.0 Å². The molecule has 68 heavy (non-hydrogen) atoms. The number of nitrogens with one attached hydrogen (secondary N) is 2. The number of alkyl halides is 2. The monoisotopic (exact) mass is 1180 g/mol. The standard InChI is InChI=1S/C36H58Cl2N8O14S4.4K/c1-21(47)40-31-16-23(45(11-5-6-13-61(49,50)51)12-7-8-32(48)41-22-14-24(62(52,53)54)17-25(15-22)63(55,56)57)9-10-30(31)42-43-35-27(20-39)34(36(2,3)4)44-46(35)33-28(37)18-26(19-29(33)38)64(58,59)60;;;;/h22-26,28-31,33H,5-19H2,1-4H3,(H,40,47)(H,41,48)(H,49,50,51)(H,52,53,54)(H,55,56,57)(H,58,59,60);;;;/q;4*+1/p-4. The summed E-state index contributed by atoms with van der Waals surface area (Å²) in [6, 6.07) is -1.41. The van der Waals surface area contributed by atoms with Gasteiger partial charge in [-0.25, -0.2) is 38.4 Å². The molecule has 3 saturated carbocycles. The number of aromatic nitrogens is 2. The second kappa shape index (κ2) is 30.9. The number of unbranched alkanes of at least 4 members (excludes halogenated alkanes) is 1. The van der Waals surface area contributed by atoms with Gasteiger partial charge in [-0.1, -0.05) is 20.8 Å². The van der Waals surface area contributed by atoms with E-state index in [9.17, 15) is 66.7 Å². The summed E-state index contributed by atoms with van der Waals surface area (Å²) < 4.78 is 141. The van der Waals surface area contributed by atoms with Crippen LogP contribution in [-0.4, -0.2) is 148 Å². The molecule has 22 nitrogen and oxygen atoms in total. The van der Waals surface area contributed by atoms with Crippen LogP contribution >= 0.6 is 23.2 Å². The molecule has 3 fully saturated rings. The van der Waals surface area contributed by atoms with E-state index in [-0.39, 0.29) is 294 Å². The molecule has 2 amide bonds. The van der Waals surface area contributed by atoms with Crippen molar-refractivity contribution < 1.29 is 267 Å². The van der Waals surface area contributed by atoms with Gasteiger partial charge in [-0.3, -0.25) is 9.59 Å². The van der Waals surface area contributed by atoms with Gasteiger partial charge in [-0.15, -0.1) is 28.3 Å². The normalized spacial score (nSPS) is 27.1. The SMILES string of the molecule is CC(=O)NC1CC(N(CCCCS(=O)(=O)[O-])CCCC(=O)NC2CC(S(=O)(=O)[O-])CC(S(=O)(=O)[O-])C2)CCC1N=Nc1c(C#N)c(C(C)(C)C)nn1C1C(Cl)CC(S(=O)(=O)[O-])CC1Cl.[K+].[K+].[K+].[K+]. The fourth-order valence-electron chi connectivity index (χ4n) is 8.77. The summed E-state index contributed by atoms with van der Waals surface area (Å²) in [6.07, 6.45) is -0.410. The van der Waals surface area contributed by atoms with E-state index in [1.807, 2.05) is 25.7 Å². The van der Waals surface area contributed by atoms with E-state index < -0.39 is 121 Å². The third-order valence-corrected chi connectivity index (χ3v) is 17.1. The smallest absolute Gasteiger partial charge is 0.748 e. The van der Waals surface area contributed by atoms with Crippen LogP contribution in [-0.2, 0) is 55.5 Å². The third kappa shape index (κ3) is 22.4. The number of nitrogens with zero attached hydrogens (tertiary/aromatic N) is 6. The van der Waals surface area contributed by atoms with E-state index >= 15 is 0 Å². The van der Waals surface area contributed by atoms with Crippen molar-refractivity contribution in [2.75, 3.05) is 18.8 Å². The fraction of sp³-hybridized carbons (Fsp3) is 0.833. The molecule has 0 saturated heterocycles. The van der Waals surface area contributed by atoms with Crippen LogP contribution in [0.4, 0.5) is 5.82 Å². The van der Waals surface area contributed by atoms with Crippen molar-refractivity contribution in [2.45, 2.75) is 167 Å². The van der Waals surface area contributed by atoms with Crippen LogP contribution in [0, 0.1) is 11.3 Å². The summed E-state index contributed by atoms with van der Waals surface area (Å²) in [5.74, 6) is -1.59. The molecule has 0 bridgehead atoms. The Labute approximate surface area is 580 Å². The second-order valence-electron chi connectivity index (χ2n) is 17.8. The second-order valence-corrected chi connectivity index (χ2v) is 25.4. The summed E-state index contributed by atoms with van der Waals surface area (Å²) in [4.78, 5) is 27.6. The van der Waals surface area contributed by atoms with Crippen LogP contribution in [0.3, 0.4) is 0 Å². The Bertz CT molecular complexity index is 2340. The minimum atomic E-state index is -4.97. The third-order valence-electron chi connectivity index (χ3n) is 11.8. The Morgan fingerprint density at radius 1 is 0.794 bits per heavy atom. The molecular formula is C36H54Cl2K4N8O14S4. The first-order valence-electron chi connectivity index (χ1n) is 20.7. The largest absolute Gasteiger partial charge is 1.00 e. The first-order valence-corrected chi connectivity index (χ1v) is 27.6. The molecular weight excluding hydrogens is 1120 g/mol. The van der Waals surface area contributed by atoms with E-state index in [4.69, 9.17) is 23.2 Å². The number of amides is 2. The zero-order chi connectivity index (χ0) is 48.2. The van der Waals surface area contributed by atoms with E-state index in [1.54, 1.807) is 0 Å². The predicted octanol–water partition coefficient (Wildman–Crippen LogP) is -10.1. The van der Waals surface area contributed by atoms with Gasteiger partial charge in [0.05, 0.1) is 90.8 Å². The first kappa shape index (κ1) is 72.0. The van der Waals surface area contributed by atoms with Gasteiger partial charge in [-0.2, -0.15) is 15.5 Å². The number of azo groups is 1. The number of halogens is 2. The Kier molecular flexibility index (Phi) is 32.7. The average molecular weight is 1180 g/mol. The molecule has 0 radical (unpaired) electrons. The zero-order valence-electron chi connectivity index (χ0n) is 39.7. The van der Waals surface area contributed by atoms with Gasteiger partial charge in [0.15, 0.2) is 5.82 Å². The fourth-order valence-corrected chi connectivity index (χ4v) is 13.5. The first-order chi connectivity index (χ1) is 29.4. The molecule has 364 valence electrons. The molecule has 1 aromatic heterocycles. The van der Waals surface area contributed by atoms with Crippen molar-refractivity contribution in [2.24, 2.45) is 10.2 Å². The van der Waals surface area contributed by atoms with Gasteiger partial charge >= 0.3 is 206 Å². The number of nitriles is 1. The van der Waals surface area contributed by atoms with Crippen molar-refractivity contribution in [1.29, 1.82) is 5.26 Å². The van der Waals surface area contributed by atoms with Gasteiger partial charge < -0.3 is 33.7 Å². The number of rotatable bonds is 18. The van der Waals surface area contributed by atoms with Crippen molar-refractivity contribution >= 4 is 81.3 Å². The Balaban J connectivity index is 0.0000112. The van der Waals surface area contributed by atoms with Crippen LogP contribution in [0.5, 0.6) is 0 Å². The van der Waals surface area contributed by atoms with E-state index in [1.165, 1.54) is 11.6 Å². The van der Waals surface area contributed by atoms with E-state index in [0.29, 0.717) is 18.5 Å². The van der Waals surface area contributed by atoms with Crippen LogP contribution in [0.25, 0.3) is 0 Å². The maximum Gasteiger partial charge on any atom is 1.00 e. The molecule has 7 unspecified atom stereocenters. The topological polar surface area (TPSA) is 357 Å². The number of carbonyl (C=O) groups excluding carboxylic acids is 2. The molecule has 1 heterocycles. The molecule has 1 aromatic rings. The van der Waals surface area contributed by atoms with Crippen LogP contribution < -0.4 is 216 Å². The van der Waals surface area contributed by atoms with E-state index in [0.717, 1.165) is 0 Å². The molecule has 2 N–H and O–H groups in total. The van der Waals surface area contributed by atoms with Gasteiger partial charge in [0.25, 0.3) is 0 Å². The van der Waals surface area contributed by atoms with Gasteiger partial charge in [-0.05, 0) is 83.7 Å². The Hall–Kier alpha value is 3.97. The minimum Gasteiger partial charge on any atom is -0.748 e. The summed E-state index contributed by atoms with van der Waals surface area (Å²) in [6.45, 7) is 7.30. The van der Waals surface area contributed by atoms with Crippen LogP contribution in [0.1, 0.15) is 122 Å². The maximum atomic E-state index is 13.0. The zero-order valence-corrected chi connectivity index (χ0v) is 56.9. The molecule has 7 atom stereocenters. The summed E-state index contributed by atoms with van der Waals surface area (Å²) in [7, 11) is -19.1. The predicted molar refractivity (Wildman–Crippen MR) is 228 cm³/mol. The maximum absolute atomic E-state index is 13.0. The van der Waals surface area contributed by atoms with Crippen LogP contribution in [0.2, 0.25) is 0 Å². The average Bonchev–Trinajstić information content (AvgIpc) is 3.51. The van der Waals surface area contributed by atoms with Gasteiger partial charge in [0.1, 0.15) is 11.6 Å². The Morgan fingerprint density at radius 2 is 1.31 bits per heavy atom. The number of hydrogen-bond acceptors (Lipinski definition) is 19. The molecule has 3 aliphatic carbocycles. The van der Waals surface area contributed by atoms with Gasteiger partial charge in [0.2, 0.25) is 11.8 Å². The Morgan fingerprint density at radius 3 is 1.78 bits per heavy atom. The minimum absolute atomic E-state index is 0. The van der Waals surface area contributed by atoms with Crippen molar-refractivity contribution in [3.05, 3.63) is 11.3 Å². The van der Waals surface area contributed by atoms with Gasteiger partial charge in [0, 0.05) is 36.6 Å².